The molecule has 1 unspecified atom stereocenters. The number of carboxylic acid groups (broad SMARTS) is 1. The first-order chi connectivity index (χ1) is 9.04. The third kappa shape index (κ3) is 3.71. The predicted octanol–water partition coefficient (Wildman–Crippen LogP) is 2.06. The van der Waals surface area contributed by atoms with Crippen molar-refractivity contribution in [3.63, 3.8) is 0 Å². The summed E-state index contributed by atoms with van der Waals surface area (Å²) in [5, 5.41) is 11.4. The van der Waals surface area contributed by atoms with Crippen molar-refractivity contribution in [3.05, 3.63) is 23.8 Å². The lowest BCUT2D eigenvalue weighted by Gasteiger charge is -2.10. The molecule has 1 aromatic rings. The maximum Gasteiger partial charge on any atom is 0.303 e. The smallest absolute Gasteiger partial charge is 0.303 e. The van der Waals surface area contributed by atoms with Crippen LogP contribution in [0.25, 0.3) is 0 Å². The maximum atomic E-state index is 11.8. The molecule has 1 heterocycles. The number of carbonyl (C=O) groups excluding carboxylic acids is 1. The van der Waals surface area contributed by atoms with Crippen LogP contribution in [-0.2, 0) is 16.0 Å². The molecule has 0 bridgehead atoms. The molecule has 0 spiro atoms. The van der Waals surface area contributed by atoms with Crippen molar-refractivity contribution in [2.24, 2.45) is 5.92 Å². The fraction of sp³-hybridized carbons (Fsp3) is 0.429. The van der Waals surface area contributed by atoms with Crippen LogP contribution in [0.4, 0.5) is 5.69 Å². The van der Waals surface area contributed by atoms with E-state index in [-0.39, 0.29) is 24.7 Å². The summed E-state index contributed by atoms with van der Waals surface area (Å²) in [7, 11) is 0. The summed E-state index contributed by atoms with van der Waals surface area (Å²) in [4.78, 5) is 22.3. The van der Waals surface area contributed by atoms with Crippen molar-refractivity contribution < 1.29 is 19.4 Å². The Labute approximate surface area is 111 Å². The minimum Gasteiger partial charge on any atom is -0.493 e. The Morgan fingerprint density at radius 1 is 1.42 bits per heavy atom. The predicted molar refractivity (Wildman–Crippen MR) is 70.3 cm³/mol. The van der Waals surface area contributed by atoms with E-state index in [2.05, 4.69) is 5.32 Å². The molecule has 1 amide bonds. The number of ether oxygens (including phenoxy) is 1. The standard InChI is InChI=1S/C14H17NO4/c1-9(7-14(17)18)6-13(16)15-11-2-3-12-10(8-11)4-5-19-12/h2-3,8-9H,4-7H2,1H3,(H,15,16)(H,17,18). The zero-order valence-electron chi connectivity index (χ0n) is 10.8. The SMILES string of the molecule is CC(CC(=O)O)CC(=O)Nc1ccc2c(c1)CCO2. The van der Waals surface area contributed by atoms with Crippen LogP contribution in [0.1, 0.15) is 25.3 Å². The fourth-order valence-corrected chi connectivity index (χ4v) is 2.16. The Hall–Kier alpha value is -2.04. The van der Waals surface area contributed by atoms with Crippen LogP contribution in [0.3, 0.4) is 0 Å². The van der Waals surface area contributed by atoms with Gasteiger partial charge in [0.15, 0.2) is 0 Å². The lowest BCUT2D eigenvalue weighted by Crippen LogP contribution is -2.17. The van der Waals surface area contributed by atoms with Crippen LogP contribution in [0.15, 0.2) is 18.2 Å². The van der Waals surface area contributed by atoms with Crippen molar-refractivity contribution in [2.75, 3.05) is 11.9 Å². The number of rotatable bonds is 5. The molecule has 0 aromatic heterocycles. The van der Waals surface area contributed by atoms with E-state index in [0.717, 1.165) is 23.4 Å². The van der Waals surface area contributed by atoms with Crippen molar-refractivity contribution in [1.29, 1.82) is 0 Å². The molecule has 19 heavy (non-hydrogen) atoms. The second-order valence-corrected chi connectivity index (χ2v) is 4.88. The molecule has 102 valence electrons. The molecular formula is C14H17NO4. The van der Waals surface area contributed by atoms with Crippen LogP contribution in [0.5, 0.6) is 5.75 Å². The average Bonchev–Trinajstić information content (AvgIpc) is 2.74. The summed E-state index contributed by atoms with van der Waals surface area (Å²) in [5.41, 5.74) is 1.83. The molecule has 0 saturated heterocycles. The molecule has 0 saturated carbocycles. The van der Waals surface area contributed by atoms with E-state index in [9.17, 15) is 9.59 Å². The number of amides is 1. The van der Waals surface area contributed by atoms with Gasteiger partial charge in [0.25, 0.3) is 0 Å². The molecule has 2 N–H and O–H groups in total. The van der Waals surface area contributed by atoms with Crippen LogP contribution in [-0.4, -0.2) is 23.6 Å². The molecule has 1 aliphatic rings. The van der Waals surface area contributed by atoms with Gasteiger partial charge >= 0.3 is 5.97 Å². The number of benzene rings is 1. The van der Waals surface area contributed by atoms with E-state index in [1.54, 1.807) is 13.0 Å². The average molecular weight is 263 g/mol. The highest BCUT2D eigenvalue weighted by atomic mass is 16.5. The number of anilines is 1. The van der Waals surface area contributed by atoms with E-state index in [0.29, 0.717) is 6.61 Å². The summed E-state index contributed by atoms with van der Waals surface area (Å²) in [6, 6.07) is 5.55. The largest absolute Gasteiger partial charge is 0.493 e. The number of nitrogens with one attached hydrogen (secondary N) is 1. The highest BCUT2D eigenvalue weighted by Crippen LogP contribution is 2.28. The topological polar surface area (TPSA) is 75.6 Å². The van der Waals surface area contributed by atoms with E-state index in [1.165, 1.54) is 0 Å². The quantitative estimate of drug-likeness (QED) is 0.852. The first-order valence-electron chi connectivity index (χ1n) is 6.32. The van der Waals surface area contributed by atoms with Crippen molar-refractivity contribution >= 4 is 17.6 Å². The zero-order valence-corrected chi connectivity index (χ0v) is 10.8. The summed E-state index contributed by atoms with van der Waals surface area (Å²) in [6.45, 7) is 2.44. The van der Waals surface area contributed by atoms with Gasteiger partial charge in [0.05, 0.1) is 6.61 Å². The van der Waals surface area contributed by atoms with Crippen LogP contribution in [0, 0.1) is 5.92 Å². The Morgan fingerprint density at radius 3 is 2.95 bits per heavy atom. The maximum absolute atomic E-state index is 11.8. The fourth-order valence-electron chi connectivity index (χ4n) is 2.16. The van der Waals surface area contributed by atoms with Gasteiger partial charge < -0.3 is 15.2 Å². The van der Waals surface area contributed by atoms with Gasteiger partial charge in [-0.1, -0.05) is 6.92 Å². The lowest BCUT2D eigenvalue weighted by molar-refractivity contribution is -0.138. The summed E-state index contributed by atoms with van der Waals surface area (Å²) in [5.74, 6) is -0.338. The monoisotopic (exact) mass is 263 g/mol. The highest BCUT2D eigenvalue weighted by Gasteiger charge is 2.15. The molecule has 2 rings (SSSR count). The van der Waals surface area contributed by atoms with Gasteiger partial charge in [-0.2, -0.15) is 0 Å². The van der Waals surface area contributed by atoms with Crippen molar-refractivity contribution in [1.82, 2.24) is 0 Å². The lowest BCUT2D eigenvalue weighted by atomic mass is 10.0. The Balaban J connectivity index is 1.90. The summed E-state index contributed by atoms with van der Waals surface area (Å²) < 4.78 is 5.39. The number of carbonyl (C=O) groups is 2. The van der Waals surface area contributed by atoms with Gasteiger partial charge in [-0.15, -0.1) is 0 Å². The Bertz CT molecular complexity index is 498. The van der Waals surface area contributed by atoms with Gasteiger partial charge in [0.1, 0.15) is 5.75 Å². The highest BCUT2D eigenvalue weighted by molar-refractivity contribution is 5.91. The van der Waals surface area contributed by atoms with Gasteiger partial charge in [0, 0.05) is 24.9 Å². The third-order valence-electron chi connectivity index (χ3n) is 3.03. The normalized spacial score (nSPS) is 14.4. The van der Waals surface area contributed by atoms with Gasteiger partial charge in [0.2, 0.25) is 5.91 Å². The van der Waals surface area contributed by atoms with E-state index in [1.807, 2.05) is 12.1 Å². The summed E-state index contributed by atoms with van der Waals surface area (Å²) >= 11 is 0. The van der Waals surface area contributed by atoms with E-state index in [4.69, 9.17) is 9.84 Å². The van der Waals surface area contributed by atoms with Crippen LogP contribution >= 0.6 is 0 Å². The number of hydrogen-bond donors (Lipinski definition) is 2. The molecule has 0 radical (unpaired) electrons. The zero-order chi connectivity index (χ0) is 13.8. The van der Waals surface area contributed by atoms with Crippen LogP contribution < -0.4 is 10.1 Å². The molecule has 5 heteroatoms. The Kier molecular flexibility index (Phi) is 4.04. The van der Waals surface area contributed by atoms with Gasteiger partial charge in [-0.05, 0) is 29.7 Å². The number of aliphatic carboxylic acids is 1. The number of fused-ring (bicyclic) bond motifs is 1. The minimum atomic E-state index is -0.880. The third-order valence-corrected chi connectivity index (χ3v) is 3.03. The molecule has 0 fully saturated rings. The Morgan fingerprint density at radius 2 is 2.21 bits per heavy atom. The molecule has 1 aliphatic heterocycles. The molecule has 1 aromatic carbocycles. The molecule has 5 nitrogen and oxygen atoms in total. The van der Waals surface area contributed by atoms with E-state index < -0.39 is 5.97 Å². The molecular weight excluding hydrogens is 246 g/mol. The van der Waals surface area contributed by atoms with Crippen LogP contribution in [0.2, 0.25) is 0 Å². The number of hydrogen-bond acceptors (Lipinski definition) is 3. The summed E-state index contributed by atoms with van der Waals surface area (Å²) in [6.07, 6.45) is 1.07. The molecule has 1 atom stereocenters. The van der Waals surface area contributed by atoms with Crippen molar-refractivity contribution in [2.45, 2.75) is 26.2 Å². The second kappa shape index (κ2) is 5.73. The van der Waals surface area contributed by atoms with Crippen molar-refractivity contribution in [3.8, 4) is 5.75 Å². The van der Waals surface area contributed by atoms with E-state index >= 15 is 0 Å². The van der Waals surface area contributed by atoms with Gasteiger partial charge in [-0.3, -0.25) is 9.59 Å². The second-order valence-electron chi connectivity index (χ2n) is 4.88. The molecule has 0 aliphatic carbocycles. The minimum absolute atomic E-state index is 0.00540. The van der Waals surface area contributed by atoms with Gasteiger partial charge in [-0.25, -0.2) is 0 Å². The number of carboxylic acids is 1. The first kappa shape index (κ1) is 13.4. The first-order valence-corrected chi connectivity index (χ1v) is 6.32.